The van der Waals surface area contributed by atoms with Crippen molar-refractivity contribution in [1.29, 1.82) is 0 Å². The SMILES string of the molecule is CCCCCCC#CC(=O)Oc1ccc(OC(=O)c2ccc(OCCCCCCCCCC)cc2)cc1. The molecule has 0 aliphatic rings. The van der Waals surface area contributed by atoms with Crippen LogP contribution in [0.5, 0.6) is 17.2 Å². The van der Waals surface area contributed by atoms with Crippen LogP contribution in [-0.4, -0.2) is 18.5 Å². The summed E-state index contributed by atoms with van der Waals surface area (Å²) < 4.78 is 16.4. The Bertz CT molecular complexity index is 967. The van der Waals surface area contributed by atoms with Crippen molar-refractivity contribution in [2.75, 3.05) is 6.61 Å². The Hall–Kier alpha value is -3.26. The maximum Gasteiger partial charge on any atom is 0.389 e. The monoisotopic (exact) mass is 506 g/mol. The second-order valence-electron chi connectivity index (χ2n) is 9.21. The molecule has 5 nitrogen and oxygen atoms in total. The van der Waals surface area contributed by atoms with Gasteiger partial charge < -0.3 is 14.2 Å². The molecule has 2 aromatic rings. The molecule has 0 aliphatic heterocycles. The molecule has 0 aliphatic carbocycles. The topological polar surface area (TPSA) is 61.8 Å². The average Bonchev–Trinajstić information content (AvgIpc) is 2.91. The summed E-state index contributed by atoms with van der Waals surface area (Å²) in [6, 6.07) is 13.3. The lowest BCUT2D eigenvalue weighted by Crippen LogP contribution is -2.09. The number of esters is 2. The van der Waals surface area contributed by atoms with Gasteiger partial charge in [0.2, 0.25) is 0 Å². The van der Waals surface area contributed by atoms with Crippen molar-refractivity contribution in [3.05, 3.63) is 54.1 Å². The van der Waals surface area contributed by atoms with E-state index in [4.69, 9.17) is 14.2 Å². The van der Waals surface area contributed by atoms with Crippen molar-refractivity contribution >= 4 is 11.9 Å². The van der Waals surface area contributed by atoms with E-state index in [2.05, 4.69) is 25.7 Å². The highest BCUT2D eigenvalue weighted by Crippen LogP contribution is 2.20. The normalized spacial score (nSPS) is 10.3. The molecule has 0 fully saturated rings. The molecule has 0 atom stereocenters. The number of ether oxygens (including phenoxy) is 3. The van der Waals surface area contributed by atoms with Gasteiger partial charge in [-0.2, -0.15) is 0 Å². The highest BCUT2D eigenvalue weighted by Gasteiger charge is 2.10. The smallest absolute Gasteiger partial charge is 0.389 e. The first-order valence-corrected chi connectivity index (χ1v) is 13.9. The van der Waals surface area contributed by atoms with E-state index in [1.807, 2.05) is 0 Å². The largest absolute Gasteiger partial charge is 0.494 e. The number of rotatable bonds is 17. The van der Waals surface area contributed by atoms with Crippen LogP contribution >= 0.6 is 0 Å². The summed E-state index contributed by atoms with van der Waals surface area (Å²) in [6.45, 7) is 5.07. The lowest BCUT2D eigenvalue weighted by molar-refractivity contribution is -0.128. The van der Waals surface area contributed by atoms with Crippen LogP contribution in [0.2, 0.25) is 0 Å². The van der Waals surface area contributed by atoms with Crippen LogP contribution in [0.1, 0.15) is 108 Å². The maximum absolute atomic E-state index is 12.5. The van der Waals surface area contributed by atoms with Crippen LogP contribution < -0.4 is 14.2 Å². The number of unbranched alkanes of at least 4 members (excludes halogenated alkanes) is 11. The van der Waals surface area contributed by atoms with Crippen molar-refractivity contribution in [1.82, 2.24) is 0 Å². The zero-order valence-corrected chi connectivity index (χ0v) is 22.6. The fourth-order valence-corrected chi connectivity index (χ4v) is 3.76. The quantitative estimate of drug-likeness (QED) is 0.0710. The molecule has 0 heterocycles. The Morgan fingerprint density at radius 3 is 1.76 bits per heavy atom. The van der Waals surface area contributed by atoms with E-state index in [1.165, 1.54) is 57.8 Å². The molecule has 0 N–H and O–H groups in total. The molecular weight excluding hydrogens is 464 g/mol. The second-order valence-corrected chi connectivity index (χ2v) is 9.21. The van der Waals surface area contributed by atoms with E-state index in [0.29, 0.717) is 30.1 Å². The average molecular weight is 507 g/mol. The lowest BCUT2D eigenvalue weighted by Gasteiger charge is -2.08. The number of hydrogen-bond acceptors (Lipinski definition) is 5. The van der Waals surface area contributed by atoms with Crippen LogP contribution in [-0.2, 0) is 4.79 Å². The Morgan fingerprint density at radius 1 is 0.622 bits per heavy atom. The second kappa shape index (κ2) is 18.9. The first kappa shape index (κ1) is 30.0. The standard InChI is InChI=1S/C32H42O5/c1-3-5-7-9-11-12-14-16-26-35-28-20-18-27(19-21-28)32(34)37-30-24-22-29(23-25-30)36-31(33)17-15-13-10-8-6-4-2/h18-25H,3-14,16,26H2,1-2H3. The van der Waals surface area contributed by atoms with Crippen molar-refractivity contribution < 1.29 is 23.8 Å². The first-order valence-electron chi connectivity index (χ1n) is 13.9. The van der Waals surface area contributed by atoms with E-state index in [-0.39, 0.29) is 0 Å². The highest BCUT2D eigenvalue weighted by atomic mass is 16.5. The van der Waals surface area contributed by atoms with Crippen molar-refractivity contribution in [3.8, 4) is 29.1 Å². The Balaban J connectivity index is 1.67. The zero-order chi connectivity index (χ0) is 26.6. The first-order chi connectivity index (χ1) is 18.1. The van der Waals surface area contributed by atoms with Gasteiger partial charge in [0.05, 0.1) is 12.2 Å². The van der Waals surface area contributed by atoms with Crippen molar-refractivity contribution in [2.45, 2.75) is 97.3 Å². The molecule has 0 saturated carbocycles. The van der Waals surface area contributed by atoms with Gasteiger partial charge in [-0.05, 0) is 61.4 Å². The Kier molecular flexibility index (Phi) is 15.3. The minimum atomic E-state index is -0.593. The number of benzene rings is 2. The van der Waals surface area contributed by atoms with Gasteiger partial charge in [0.1, 0.15) is 17.2 Å². The number of carbonyl (C=O) groups excluding carboxylic acids is 2. The van der Waals surface area contributed by atoms with E-state index in [1.54, 1.807) is 48.5 Å². The molecule has 0 bridgehead atoms. The fraction of sp³-hybridized carbons (Fsp3) is 0.500. The molecule has 37 heavy (non-hydrogen) atoms. The zero-order valence-electron chi connectivity index (χ0n) is 22.6. The van der Waals surface area contributed by atoms with Gasteiger partial charge in [-0.1, -0.05) is 84.0 Å². The van der Waals surface area contributed by atoms with Gasteiger partial charge in [0.15, 0.2) is 0 Å². The summed E-state index contributed by atoms with van der Waals surface area (Å²) in [5, 5.41) is 0. The molecule has 2 rings (SSSR count). The molecule has 5 heteroatoms. The molecule has 0 amide bonds. The van der Waals surface area contributed by atoms with Crippen LogP contribution in [0.15, 0.2) is 48.5 Å². The summed E-state index contributed by atoms with van der Waals surface area (Å²) in [6.07, 6.45) is 15.2. The van der Waals surface area contributed by atoms with Gasteiger partial charge in [-0.3, -0.25) is 0 Å². The van der Waals surface area contributed by atoms with Crippen LogP contribution in [0, 0.1) is 11.8 Å². The summed E-state index contributed by atoms with van der Waals surface area (Å²) in [4.78, 5) is 24.3. The summed E-state index contributed by atoms with van der Waals surface area (Å²) in [5.74, 6) is 5.75. The third-order valence-corrected chi connectivity index (χ3v) is 5.95. The van der Waals surface area contributed by atoms with E-state index in [0.717, 1.165) is 25.0 Å². The minimum absolute atomic E-state index is 0.350. The van der Waals surface area contributed by atoms with E-state index >= 15 is 0 Å². The molecule has 0 aromatic heterocycles. The molecule has 0 unspecified atom stereocenters. The maximum atomic E-state index is 12.5. The van der Waals surface area contributed by atoms with E-state index < -0.39 is 11.9 Å². The molecule has 0 radical (unpaired) electrons. The Morgan fingerprint density at radius 2 is 1.14 bits per heavy atom. The minimum Gasteiger partial charge on any atom is -0.494 e. The van der Waals surface area contributed by atoms with Gasteiger partial charge in [0, 0.05) is 12.3 Å². The van der Waals surface area contributed by atoms with Crippen molar-refractivity contribution in [3.63, 3.8) is 0 Å². The van der Waals surface area contributed by atoms with Crippen LogP contribution in [0.3, 0.4) is 0 Å². The molecule has 0 saturated heterocycles. The highest BCUT2D eigenvalue weighted by molar-refractivity contribution is 5.91. The summed E-state index contributed by atoms with van der Waals surface area (Å²) >= 11 is 0. The Labute approximate surface area is 222 Å². The number of hydrogen-bond donors (Lipinski definition) is 0. The van der Waals surface area contributed by atoms with Crippen LogP contribution in [0.4, 0.5) is 0 Å². The summed E-state index contributed by atoms with van der Waals surface area (Å²) in [7, 11) is 0. The van der Waals surface area contributed by atoms with Crippen molar-refractivity contribution in [2.24, 2.45) is 0 Å². The predicted octanol–water partition coefficient (Wildman–Crippen LogP) is 8.30. The summed E-state index contributed by atoms with van der Waals surface area (Å²) in [5.41, 5.74) is 0.434. The van der Waals surface area contributed by atoms with Gasteiger partial charge in [-0.25, -0.2) is 9.59 Å². The van der Waals surface area contributed by atoms with Gasteiger partial charge >= 0.3 is 11.9 Å². The van der Waals surface area contributed by atoms with Crippen LogP contribution in [0.25, 0.3) is 0 Å². The predicted molar refractivity (Wildman–Crippen MR) is 148 cm³/mol. The fourth-order valence-electron chi connectivity index (χ4n) is 3.76. The third kappa shape index (κ3) is 13.6. The van der Waals surface area contributed by atoms with Gasteiger partial charge in [0.25, 0.3) is 0 Å². The van der Waals surface area contributed by atoms with E-state index in [9.17, 15) is 9.59 Å². The molecule has 0 spiro atoms. The molecular formula is C32H42O5. The molecule has 2 aromatic carbocycles. The molecule has 200 valence electrons. The third-order valence-electron chi connectivity index (χ3n) is 5.95. The number of carbonyl (C=O) groups is 2. The lowest BCUT2D eigenvalue weighted by atomic mass is 10.1. The van der Waals surface area contributed by atoms with Gasteiger partial charge in [-0.15, -0.1) is 0 Å².